The molecule has 0 saturated carbocycles. The molecule has 0 aliphatic carbocycles. The molecule has 1 saturated heterocycles. The Hall–Kier alpha value is -0.130. The summed E-state index contributed by atoms with van der Waals surface area (Å²) in [6.45, 7) is 4.55. The van der Waals surface area contributed by atoms with E-state index in [1.807, 2.05) is 0 Å². The SMILES string of the molecule is CCCCCS(=O)(=O)N1CC[N]CC1. The van der Waals surface area contributed by atoms with Crippen LogP contribution in [0.3, 0.4) is 0 Å². The van der Waals surface area contributed by atoms with Gasteiger partial charge in [0.05, 0.1) is 5.75 Å². The quantitative estimate of drug-likeness (QED) is 0.629. The van der Waals surface area contributed by atoms with Crippen LogP contribution >= 0.6 is 0 Å². The van der Waals surface area contributed by atoms with E-state index in [0.717, 1.165) is 19.3 Å². The van der Waals surface area contributed by atoms with Crippen molar-refractivity contribution in [2.75, 3.05) is 31.9 Å². The predicted molar refractivity (Wildman–Crippen MR) is 56.8 cm³/mol. The van der Waals surface area contributed by atoms with Crippen molar-refractivity contribution in [3.63, 3.8) is 0 Å². The molecule has 0 atom stereocenters. The van der Waals surface area contributed by atoms with E-state index in [1.54, 1.807) is 4.31 Å². The molecular weight excluding hydrogens is 200 g/mol. The van der Waals surface area contributed by atoms with Crippen LogP contribution in [0.1, 0.15) is 26.2 Å². The van der Waals surface area contributed by atoms with Gasteiger partial charge in [-0.25, -0.2) is 13.7 Å². The Balaban J connectivity index is 2.38. The maximum atomic E-state index is 11.7. The first-order valence-corrected chi connectivity index (χ1v) is 6.89. The predicted octanol–water partition coefficient (Wildman–Crippen LogP) is 0.426. The van der Waals surface area contributed by atoms with Crippen LogP contribution in [-0.2, 0) is 10.0 Å². The molecule has 0 spiro atoms. The van der Waals surface area contributed by atoms with Crippen molar-refractivity contribution in [1.82, 2.24) is 9.62 Å². The monoisotopic (exact) mass is 219 g/mol. The molecule has 0 N–H and O–H groups in total. The van der Waals surface area contributed by atoms with Crippen molar-refractivity contribution in [2.45, 2.75) is 26.2 Å². The molecule has 14 heavy (non-hydrogen) atoms. The molecule has 0 bridgehead atoms. The van der Waals surface area contributed by atoms with Crippen LogP contribution in [0.4, 0.5) is 0 Å². The molecule has 1 aliphatic heterocycles. The van der Waals surface area contributed by atoms with Gasteiger partial charge in [-0.05, 0) is 6.42 Å². The average molecular weight is 219 g/mol. The van der Waals surface area contributed by atoms with Crippen molar-refractivity contribution < 1.29 is 8.42 Å². The van der Waals surface area contributed by atoms with E-state index in [1.165, 1.54) is 0 Å². The fraction of sp³-hybridized carbons (Fsp3) is 1.00. The Kier molecular flexibility index (Phi) is 4.84. The minimum atomic E-state index is -2.98. The second-order valence-electron chi connectivity index (χ2n) is 3.59. The van der Waals surface area contributed by atoms with Crippen molar-refractivity contribution in [2.24, 2.45) is 0 Å². The van der Waals surface area contributed by atoms with E-state index in [4.69, 9.17) is 0 Å². The number of rotatable bonds is 5. The molecule has 0 amide bonds. The normalized spacial score (nSPS) is 19.8. The van der Waals surface area contributed by atoms with E-state index in [0.29, 0.717) is 31.9 Å². The second kappa shape index (κ2) is 5.68. The number of nitrogens with zero attached hydrogens (tertiary/aromatic N) is 2. The van der Waals surface area contributed by atoms with Gasteiger partial charge in [0.25, 0.3) is 0 Å². The van der Waals surface area contributed by atoms with Gasteiger partial charge in [0.2, 0.25) is 10.0 Å². The fourth-order valence-electron chi connectivity index (χ4n) is 1.53. The maximum absolute atomic E-state index is 11.7. The van der Waals surface area contributed by atoms with Gasteiger partial charge in [-0.15, -0.1) is 0 Å². The highest BCUT2D eigenvalue weighted by molar-refractivity contribution is 7.89. The Morgan fingerprint density at radius 2 is 1.86 bits per heavy atom. The van der Waals surface area contributed by atoms with E-state index in [-0.39, 0.29) is 0 Å². The standard InChI is InChI=1S/C9H19N2O2S/c1-2-3-4-9-14(12,13)11-7-5-10-6-8-11/h2-9H2,1H3. The molecule has 1 aliphatic rings. The van der Waals surface area contributed by atoms with Crippen molar-refractivity contribution in [1.29, 1.82) is 0 Å². The fourth-order valence-corrected chi connectivity index (χ4v) is 3.08. The van der Waals surface area contributed by atoms with E-state index < -0.39 is 10.0 Å². The third kappa shape index (κ3) is 3.55. The third-order valence-electron chi connectivity index (χ3n) is 2.41. The first-order chi connectivity index (χ1) is 6.67. The number of hydrogen-bond acceptors (Lipinski definition) is 2. The van der Waals surface area contributed by atoms with Gasteiger partial charge >= 0.3 is 0 Å². The van der Waals surface area contributed by atoms with Gasteiger partial charge in [-0.2, -0.15) is 4.31 Å². The van der Waals surface area contributed by atoms with Crippen LogP contribution in [0.15, 0.2) is 0 Å². The minimum Gasteiger partial charge on any atom is -0.239 e. The smallest absolute Gasteiger partial charge is 0.214 e. The molecule has 1 radical (unpaired) electrons. The van der Waals surface area contributed by atoms with Crippen LogP contribution < -0.4 is 5.32 Å². The molecular formula is C9H19N2O2S. The Morgan fingerprint density at radius 1 is 1.21 bits per heavy atom. The lowest BCUT2D eigenvalue weighted by atomic mass is 10.3. The minimum absolute atomic E-state index is 0.306. The van der Waals surface area contributed by atoms with Crippen LogP contribution in [0.25, 0.3) is 0 Å². The molecule has 0 aromatic heterocycles. The zero-order chi connectivity index (χ0) is 10.4. The molecule has 0 unspecified atom stereocenters. The zero-order valence-electron chi connectivity index (χ0n) is 8.78. The van der Waals surface area contributed by atoms with Crippen LogP contribution in [0.2, 0.25) is 0 Å². The third-order valence-corrected chi connectivity index (χ3v) is 4.37. The van der Waals surface area contributed by atoms with Gasteiger partial charge < -0.3 is 0 Å². The van der Waals surface area contributed by atoms with Gasteiger partial charge in [-0.3, -0.25) is 0 Å². The average Bonchev–Trinajstić information content (AvgIpc) is 2.19. The summed E-state index contributed by atoms with van der Waals surface area (Å²) < 4.78 is 25.1. The van der Waals surface area contributed by atoms with Crippen LogP contribution in [0.5, 0.6) is 0 Å². The van der Waals surface area contributed by atoms with E-state index in [2.05, 4.69) is 12.2 Å². The summed E-state index contributed by atoms with van der Waals surface area (Å²) >= 11 is 0. The Morgan fingerprint density at radius 3 is 2.43 bits per heavy atom. The summed E-state index contributed by atoms with van der Waals surface area (Å²) in [4.78, 5) is 0. The first kappa shape index (κ1) is 11.9. The topological polar surface area (TPSA) is 51.5 Å². The molecule has 1 fully saturated rings. The highest BCUT2D eigenvalue weighted by Crippen LogP contribution is 2.07. The first-order valence-electron chi connectivity index (χ1n) is 5.28. The number of sulfonamides is 1. The summed E-state index contributed by atoms with van der Waals surface area (Å²) in [7, 11) is -2.98. The van der Waals surface area contributed by atoms with Gasteiger partial charge in [0.1, 0.15) is 0 Å². The van der Waals surface area contributed by atoms with Gasteiger partial charge in [0.15, 0.2) is 0 Å². The van der Waals surface area contributed by atoms with Crippen LogP contribution in [0, 0.1) is 0 Å². The molecule has 0 aromatic carbocycles. The molecule has 1 rings (SSSR count). The largest absolute Gasteiger partial charge is 0.239 e. The van der Waals surface area contributed by atoms with Crippen molar-refractivity contribution >= 4 is 10.0 Å². The molecule has 0 aromatic rings. The number of hydrogen-bond donors (Lipinski definition) is 0. The second-order valence-corrected chi connectivity index (χ2v) is 5.68. The lowest BCUT2D eigenvalue weighted by molar-refractivity contribution is 0.356. The summed E-state index contributed by atoms with van der Waals surface area (Å²) in [6, 6.07) is 0. The molecule has 1 heterocycles. The summed E-state index contributed by atoms with van der Waals surface area (Å²) in [5, 5.41) is 4.13. The maximum Gasteiger partial charge on any atom is 0.214 e. The Labute approximate surface area is 86.7 Å². The highest BCUT2D eigenvalue weighted by Gasteiger charge is 2.23. The lowest BCUT2D eigenvalue weighted by Gasteiger charge is -2.25. The summed E-state index contributed by atoms with van der Waals surface area (Å²) in [5.74, 6) is 0.306. The van der Waals surface area contributed by atoms with Crippen molar-refractivity contribution in [3.8, 4) is 0 Å². The molecule has 5 heteroatoms. The summed E-state index contributed by atoms with van der Waals surface area (Å²) in [6.07, 6.45) is 2.84. The highest BCUT2D eigenvalue weighted by atomic mass is 32.2. The number of piperazine rings is 1. The van der Waals surface area contributed by atoms with E-state index >= 15 is 0 Å². The lowest BCUT2D eigenvalue weighted by Crippen LogP contribution is -2.44. The van der Waals surface area contributed by atoms with E-state index in [9.17, 15) is 8.42 Å². The molecule has 4 nitrogen and oxygen atoms in total. The summed E-state index contributed by atoms with van der Waals surface area (Å²) in [5.41, 5.74) is 0. The van der Waals surface area contributed by atoms with Gasteiger partial charge in [0, 0.05) is 26.2 Å². The Bertz CT molecular complexity index is 246. The van der Waals surface area contributed by atoms with Gasteiger partial charge in [-0.1, -0.05) is 19.8 Å². The molecule has 83 valence electrons. The number of unbranched alkanes of at least 4 members (excludes halogenated alkanes) is 2. The van der Waals surface area contributed by atoms with Crippen molar-refractivity contribution in [3.05, 3.63) is 0 Å². The zero-order valence-corrected chi connectivity index (χ0v) is 9.59. The van der Waals surface area contributed by atoms with Crippen LogP contribution in [-0.4, -0.2) is 44.7 Å².